The van der Waals surface area contributed by atoms with Crippen molar-refractivity contribution in [1.29, 1.82) is 0 Å². The Morgan fingerprint density at radius 2 is 1.96 bits per heavy atom. The molecule has 1 aromatic heterocycles. The van der Waals surface area contributed by atoms with Crippen LogP contribution in [0.5, 0.6) is 0 Å². The summed E-state index contributed by atoms with van der Waals surface area (Å²) in [5.74, 6) is 2.16. The minimum absolute atomic E-state index is 0.299. The summed E-state index contributed by atoms with van der Waals surface area (Å²) in [7, 11) is 0. The predicted octanol–water partition coefficient (Wildman–Crippen LogP) is 2.62. The summed E-state index contributed by atoms with van der Waals surface area (Å²) in [5.41, 5.74) is 9.00. The van der Waals surface area contributed by atoms with E-state index in [0.29, 0.717) is 17.3 Å². The molecule has 5 heteroatoms. The summed E-state index contributed by atoms with van der Waals surface area (Å²) in [6, 6.07) is 0. The molecule has 1 unspecified atom stereocenters. The molecule has 23 heavy (non-hydrogen) atoms. The molecule has 0 amide bonds. The van der Waals surface area contributed by atoms with Gasteiger partial charge in [-0.25, -0.2) is 4.98 Å². The molecule has 1 aliphatic heterocycles. The summed E-state index contributed by atoms with van der Waals surface area (Å²) >= 11 is 0. The van der Waals surface area contributed by atoms with E-state index in [1.165, 1.54) is 62.6 Å². The Hall–Kier alpha value is -1.36. The van der Waals surface area contributed by atoms with Gasteiger partial charge >= 0.3 is 0 Å². The Morgan fingerprint density at radius 3 is 2.74 bits per heavy atom. The van der Waals surface area contributed by atoms with E-state index in [-0.39, 0.29) is 0 Å². The van der Waals surface area contributed by atoms with Crippen LogP contribution < -0.4 is 16.4 Å². The molecule has 4 N–H and O–H groups in total. The smallest absolute Gasteiger partial charge is 0.222 e. The van der Waals surface area contributed by atoms with Crippen molar-refractivity contribution in [3.05, 3.63) is 11.3 Å². The Labute approximate surface area is 138 Å². The van der Waals surface area contributed by atoms with Crippen molar-refractivity contribution in [3.63, 3.8) is 0 Å². The molecule has 3 aliphatic rings. The van der Waals surface area contributed by atoms with E-state index in [1.54, 1.807) is 0 Å². The second-order valence-electron chi connectivity index (χ2n) is 7.69. The minimum Gasteiger partial charge on any atom is -0.369 e. The number of hydrogen-bond acceptors (Lipinski definition) is 5. The maximum Gasteiger partial charge on any atom is 0.222 e. The molecule has 0 radical (unpaired) electrons. The van der Waals surface area contributed by atoms with Crippen molar-refractivity contribution in [2.24, 2.45) is 5.92 Å². The fourth-order valence-corrected chi connectivity index (χ4v) is 4.92. The molecule has 2 fully saturated rings. The average Bonchev–Trinajstić information content (AvgIpc) is 3.04. The molecule has 2 heterocycles. The van der Waals surface area contributed by atoms with E-state index in [9.17, 15) is 0 Å². The summed E-state index contributed by atoms with van der Waals surface area (Å²) in [6.07, 6.45) is 11.4. The van der Waals surface area contributed by atoms with Crippen LogP contribution in [-0.4, -0.2) is 29.6 Å². The number of rotatable bonds is 3. The van der Waals surface area contributed by atoms with Crippen LogP contribution in [0.2, 0.25) is 0 Å². The monoisotopic (exact) mass is 315 g/mol. The molecule has 5 nitrogen and oxygen atoms in total. The Morgan fingerprint density at radius 1 is 1.13 bits per heavy atom. The number of nitrogens with two attached hydrogens (primary N) is 1. The van der Waals surface area contributed by atoms with Gasteiger partial charge < -0.3 is 16.4 Å². The minimum atomic E-state index is 0.299. The van der Waals surface area contributed by atoms with Crippen molar-refractivity contribution in [3.8, 4) is 0 Å². The second-order valence-corrected chi connectivity index (χ2v) is 7.69. The second kappa shape index (κ2) is 6.27. The van der Waals surface area contributed by atoms with Crippen LogP contribution in [-0.2, 0) is 11.8 Å². The van der Waals surface area contributed by atoms with Gasteiger partial charge in [-0.2, -0.15) is 4.98 Å². The van der Waals surface area contributed by atoms with Gasteiger partial charge in [-0.3, -0.25) is 0 Å². The van der Waals surface area contributed by atoms with Crippen LogP contribution in [0.1, 0.15) is 62.6 Å². The third-order valence-corrected chi connectivity index (χ3v) is 6.13. The molecule has 1 spiro atoms. The van der Waals surface area contributed by atoms with Gasteiger partial charge in [0.15, 0.2) is 0 Å². The molecule has 0 bridgehead atoms. The zero-order valence-electron chi connectivity index (χ0n) is 14.0. The van der Waals surface area contributed by atoms with E-state index in [0.717, 1.165) is 31.9 Å². The van der Waals surface area contributed by atoms with Crippen molar-refractivity contribution < 1.29 is 0 Å². The van der Waals surface area contributed by atoms with E-state index in [4.69, 9.17) is 10.7 Å². The third kappa shape index (κ3) is 2.91. The van der Waals surface area contributed by atoms with Gasteiger partial charge in [0.1, 0.15) is 5.82 Å². The molecule has 1 aromatic rings. The number of nitrogens with one attached hydrogen (secondary N) is 2. The Balaban J connectivity index is 1.58. The van der Waals surface area contributed by atoms with E-state index < -0.39 is 0 Å². The lowest BCUT2D eigenvalue weighted by Crippen LogP contribution is -2.34. The predicted molar refractivity (Wildman–Crippen MR) is 93.6 cm³/mol. The number of hydrogen-bond donors (Lipinski definition) is 3. The van der Waals surface area contributed by atoms with Crippen LogP contribution in [0, 0.1) is 5.92 Å². The fourth-order valence-electron chi connectivity index (χ4n) is 4.92. The van der Waals surface area contributed by atoms with Gasteiger partial charge in [0, 0.05) is 17.5 Å². The Kier molecular flexibility index (Phi) is 4.14. The highest BCUT2D eigenvalue weighted by Gasteiger charge is 2.41. The van der Waals surface area contributed by atoms with Crippen LogP contribution >= 0.6 is 0 Å². The maximum absolute atomic E-state index is 6.07. The van der Waals surface area contributed by atoms with Gasteiger partial charge in [0.2, 0.25) is 5.95 Å². The first-order valence-electron chi connectivity index (χ1n) is 9.38. The highest BCUT2D eigenvalue weighted by molar-refractivity contribution is 5.53. The number of aromatic nitrogens is 2. The normalized spacial score (nSPS) is 26.2. The van der Waals surface area contributed by atoms with E-state index in [1.807, 2.05) is 0 Å². The molecule has 2 aliphatic carbocycles. The van der Waals surface area contributed by atoms with Gasteiger partial charge in [-0.1, -0.05) is 12.8 Å². The summed E-state index contributed by atoms with van der Waals surface area (Å²) in [6.45, 7) is 3.26. The van der Waals surface area contributed by atoms with E-state index >= 15 is 0 Å². The molecule has 4 rings (SSSR count). The summed E-state index contributed by atoms with van der Waals surface area (Å²) in [5, 5.41) is 7.11. The standard InChI is InChI=1S/C18H29N5/c19-17-22-15-14(6-3-9-18(15)7-1-2-8-18)16(23-17)21-12-13-5-4-10-20-11-13/h13,20H,1-12H2,(H3,19,21,22,23). The number of nitrogen functional groups attached to an aromatic ring is 1. The lowest BCUT2D eigenvalue weighted by molar-refractivity contribution is 0.357. The molecule has 1 atom stereocenters. The SMILES string of the molecule is Nc1nc(NCC2CCCNC2)c2c(n1)C1(CCCC1)CCC2. The van der Waals surface area contributed by atoms with Gasteiger partial charge in [0.25, 0.3) is 0 Å². The molecule has 126 valence electrons. The van der Waals surface area contributed by atoms with E-state index in [2.05, 4.69) is 15.6 Å². The fraction of sp³-hybridized carbons (Fsp3) is 0.778. The zero-order chi connectivity index (χ0) is 15.7. The van der Waals surface area contributed by atoms with Crippen molar-refractivity contribution in [2.75, 3.05) is 30.7 Å². The summed E-state index contributed by atoms with van der Waals surface area (Å²) in [4.78, 5) is 9.28. The highest BCUT2D eigenvalue weighted by atomic mass is 15.1. The Bertz CT molecular complexity index is 559. The van der Waals surface area contributed by atoms with Gasteiger partial charge in [-0.05, 0) is 64.0 Å². The first-order chi connectivity index (χ1) is 11.3. The number of fused-ring (bicyclic) bond motifs is 2. The van der Waals surface area contributed by atoms with Crippen molar-refractivity contribution in [1.82, 2.24) is 15.3 Å². The molecule has 1 saturated carbocycles. The number of piperidine rings is 1. The topological polar surface area (TPSA) is 75.9 Å². The first kappa shape index (κ1) is 15.2. The van der Waals surface area contributed by atoms with Gasteiger partial charge in [0.05, 0.1) is 5.69 Å². The molecule has 0 aromatic carbocycles. The third-order valence-electron chi connectivity index (χ3n) is 6.13. The largest absolute Gasteiger partial charge is 0.369 e. The van der Waals surface area contributed by atoms with Crippen LogP contribution in [0.3, 0.4) is 0 Å². The quantitative estimate of drug-likeness (QED) is 0.799. The van der Waals surface area contributed by atoms with Crippen LogP contribution in [0.4, 0.5) is 11.8 Å². The number of anilines is 2. The average molecular weight is 315 g/mol. The lowest BCUT2D eigenvalue weighted by Gasteiger charge is -2.35. The molecule has 1 saturated heterocycles. The van der Waals surface area contributed by atoms with Crippen molar-refractivity contribution in [2.45, 2.75) is 63.2 Å². The molecular formula is C18H29N5. The van der Waals surface area contributed by atoms with Gasteiger partial charge in [-0.15, -0.1) is 0 Å². The zero-order valence-corrected chi connectivity index (χ0v) is 14.0. The molecular weight excluding hydrogens is 286 g/mol. The number of nitrogens with zero attached hydrogens (tertiary/aromatic N) is 2. The van der Waals surface area contributed by atoms with Crippen LogP contribution in [0.15, 0.2) is 0 Å². The lowest BCUT2D eigenvalue weighted by atomic mass is 9.72. The highest BCUT2D eigenvalue weighted by Crippen LogP contribution is 2.49. The van der Waals surface area contributed by atoms with Crippen LogP contribution in [0.25, 0.3) is 0 Å². The maximum atomic E-state index is 6.07. The van der Waals surface area contributed by atoms with Crippen molar-refractivity contribution >= 4 is 11.8 Å². The first-order valence-corrected chi connectivity index (χ1v) is 9.38. The summed E-state index contributed by atoms with van der Waals surface area (Å²) < 4.78 is 0.